The minimum Gasteiger partial charge on any atom is -0.336 e. The number of fused-ring (bicyclic) bond motifs is 1. The van der Waals surface area contributed by atoms with Crippen LogP contribution in [0.3, 0.4) is 0 Å². The molecule has 0 aliphatic carbocycles. The van der Waals surface area contributed by atoms with Crippen LogP contribution in [0.4, 0.5) is 11.4 Å². The van der Waals surface area contributed by atoms with Crippen LogP contribution < -0.4 is 10.2 Å². The summed E-state index contributed by atoms with van der Waals surface area (Å²) in [4.78, 5) is 40.6. The third-order valence-electron chi connectivity index (χ3n) is 4.76. The molecule has 2 aromatic carbocycles. The summed E-state index contributed by atoms with van der Waals surface area (Å²) in [5, 5.41) is 2.76. The van der Waals surface area contributed by atoms with Gasteiger partial charge in [0.25, 0.3) is 0 Å². The maximum Gasteiger partial charge on any atom is 0.244 e. The van der Waals surface area contributed by atoms with Crippen molar-refractivity contribution in [2.75, 3.05) is 16.8 Å². The molecule has 0 saturated carbocycles. The fourth-order valence-corrected chi connectivity index (χ4v) is 3.29. The van der Waals surface area contributed by atoms with E-state index in [-0.39, 0.29) is 43.1 Å². The minimum absolute atomic E-state index is 0.0258. The summed E-state index contributed by atoms with van der Waals surface area (Å²) < 4.78 is 0. The van der Waals surface area contributed by atoms with Crippen molar-refractivity contribution in [3.05, 3.63) is 60.2 Å². The summed E-state index contributed by atoms with van der Waals surface area (Å²) in [6.07, 6.45) is 0.183. The standard InChI is InChI=1S/C22H25N3O3/c1-16(2)24(14-17-8-4-3-5-9-17)21(27)12-13-22(28)25-15-20(26)23-18-10-6-7-11-19(18)25/h3-11,16H,12-15H2,1-2H3,(H,23,26). The van der Waals surface area contributed by atoms with Crippen LogP contribution in [0, 0.1) is 0 Å². The smallest absolute Gasteiger partial charge is 0.244 e. The van der Waals surface area contributed by atoms with Crippen LogP contribution in [0.15, 0.2) is 54.6 Å². The predicted molar refractivity (Wildman–Crippen MR) is 109 cm³/mol. The monoisotopic (exact) mass is 379 g/mol. The lowest BCUT2D eigenvalue weighted by molar-refractivity contribution is -0.135. The van der Waals surface area contributed by atoms with Crippen molar-refractivity contribution in [2.45, 2.75) is 39.3 Å². The van der Waals surface area contributed by atoms with Gasteiger partial charge in [0.1, 0.15) is 6.54 Å². The van der Waals surface area contributed by atoms with Gasteiger partial charge in [-0.2, -0.15) is 0 Å². The fourth-order valence-electron chi connectivity index (χ4n) is 3.29. The maximum absolute atomic E-state index is 12.8. The van der Waals surface area contributed by atoms with E-state index in [1.54, 1.807) is 23.1 Å². The molecule has 2 aromatic rings. The molecule has 3 amide bonds. The molecule has 0 bridgehead atoms. The van der Waals surface area contributed by atoms with E-state index in [1.165, 1.54) is 4.90 Å². The van der Waals surface area contributed by atoms with Crippen molar-refractivity contribution >= 4 is 29.1 Å². The Morgan fingerprint density at radius 1 is 1.04 bits per heavy atom. The van der Waals surface area contributed by atoms with Gasteiger partial charge >= 0.3 is 0 Å². The zero-order valence-corrected chi connectivity index (χ0v) is 16.2. The van der Waals surface area contributed by atoms with Crippen molar-refractivity contribution in [1.82, 2.24) is 4.90 Å². The summed E-state index contributed by atoms with van der Waals surface area (Å²) in [7, 11) is 0. The minimum atomic E-state index is -0.230. The van der Waals surface area contributed by atoms with E-state index >= 15 is 0 Å². The molecule has 0 atom stereocenters. The Hall–Kier alpha value is -3.15. The maximum atomic E-state index is 12.8. The quantitative estimate of drug-likeness (QED) is 0.838. The van der Waals surface area contributed by atoms with Crippen molar-refractivity contribution in [2.24, 2.45) is 0 Å². The van der Waals surface area contributed by atoms with Gasteiger partial charge in [-0.25, -0.2) is 0 Å². The molecular weight excluding hydrogens is 354 g/mol. The number of hydrogen-bond acceptors (Lipinski definition) is 3. The van der Waals surface area contributed by atoms with Gasteiger partial charge in [-0.1, -0.05) is 42.5 Å². The Bertz CT molecular complexity index is 864. The van der Waals surface area contributed by atoms with Crippen molar-refractivity contribution < 1.29 is 14.4 Å². The first-order chi connectivity index (χ1) is 13.5. The largest absolute Gasteiger partial charge is 0.336 e. The van der Waals surface area contributed by atoms with Crippen molar-refractivity contribution in [3.8, 4) is 0 Å². The SMILES string of the molecule is CC(C)N(Cc1ccccc1)C(=O)CCC(=O)N1CC(=O)Nc2ccccc21. The first-order valence-electron chi connectivity index (χ1n) is 9.48. The van der Waals surface area contributed by atoms with E-state index in [4.69, 9.17) is 0 Å². The molecule has 0 aromatic heterocycles. The highest BCUT2D eigenvalue weighted by Crippen LogP contribution is 2.29. The second-order valence-electron chi connectivity index (χ2n) is 7.15. The van der Waals surface area contributed by atoms with Gasteiger partial charge in [-0.15, -0.1) is 0 Å². The molecule has 0 spiro atoms. The number of nitrogens with one attached hydrogen (secondary N) is 1. The molecule has 0 radical (unpaired) electrons. The summed E-state index contributed by atoms with van der Waals surface area (Å²) >= 11 is 0. The van der Waals surface area contributed by atoms with Crippen LogP contribution in [0.2, 0.25) is 0 Å². The van der Waals surface area contributed by atoms with Crippen LogP contribution >= 0.6 is 0 Å². The molecular formula is C22H25N3O3. The van der Waals surface area contributed by atoms with Crippen LogP contribution in [0.25, 0.3) is 0 Å². The molecule has 1 heterocycles. The average Bonchev–Trinajstić information content (AvgIpc) is 2.69. The Balaban J connectivity index is 1.64. The molecule has 0 saturated heterocycles. The van der Waals surface area contributed by atoms with Gasteiger partial charge in [0.2, 0.25) is 17.7 Å². The van der Waals surface area contributed by atoms with E-state index in [2.05, 4.69) is 5.32 Å². The number of para-hydroxylation sites is 2. The Labute approximate surface area is 165 Å². The molecule has 0 fully saturated rings. The molecule has 1 aliphatic rings. The molecule has 1 N–H and O–H groups in total. The van der Waals surface area contributed by atoms with Gasteiger partial charge in [-0.3, -0.25) is 14.4 Å². The lowest BCUT2D eigenvalue weighted by atomic mass is 10.1. The van der Waals surface area contributed by atoms with Crippen LogP contribution in [0.1, 0.15) is 32.3 Å². The highest BCUT2D eigenvalue weighted by Gasteiger charge is 2.27. The number of hydrogen-bond donors (Lipinski definition) is 1. The van der Waals surface area contributed by atoms with Gasteiger partial charge in [0, 0.05) is 25.4 Å². The van der Waals surface area contributed by atoms with E-state index < -0.39 is 0 Å². The van der Waals surface area contributed by atoms with Crippen molar-refractivity contribution in [3.63, 3.8) is 0 Å². The number of carbonyl (C=O) groups excluding carboxylic acids is 3. The van der Waals surface area contributed by atoms with E-state index in [0.29, 0.717) is 17.9 Å². The normalized spacial score (nSPS) is 13.1. The first kappa shape index (κ1) is 19.6. The van der Waals surface area contributed by atoms with E-state index in [9.17, 15) is 14.4 Å². The van der Waals surface area contributed by atoms with Crippen LogP contribution in [0.5, 0.6) is 0 Å². The highest BCUT2D eigenvalue weighted by atomic mass is 16.2. The molecule has 6 nitrogen and oxygen atoms in total. The number of anilines is 2. The van der Waals surface area contributed by atoms with Crippen LogP contribution in [-0.2, 0) is 20.9 Å². The summed E-state index contributed by atoms with van der Waals surface area (Å²) in [5.41, 5.74) is 2.34. The number of carbonyl (C=O) groups is 3. The van der Waals surface area contributed by atoms with Crippen molar-refractivity contribution in [1.29, 1.82) is 0 Å². The molecule has 146 valence electrons. The zero-order chi connectivity index (χ0) is 20.1. The second-order valence-corrected chi connectivity index (χ2v) is 7.15. The number of nitrogens with zero attached hydrogens (tertiary/aromatic N) is 2. The molecule has 0 unspecified atom stereocenters. The number of amides is 3. The van der Waals surface area contributed by atoms with Gasteiger partial charge in [0.05, 0.1) is 11.4 Å². The summed E-state index contributed by atoms with van der Waals surface area (Å²) in [6.45, 7) is 4.42. The van der Waals surface area contributed by atoms with Gasteiger partial charge < -0.3 is 15.1 Å². The second kappa shape index (κ2) is 8.69. The van der Waals surface area contributed by atoms with Crippen LogP contribution in [-0.4, -0.2) is 35.2 Å². The average molecular weight is 379 g/mol. The lowest BCUT2D eigenvalue weighted by Crippen LogP contribution is -2.43. The summed E-state index contributed by atoms with van der Waals surface area (Å²) in [5.74, 6) is -0.521. The van der Waals surface area contributed by atoms with Gasteiger partial charge in [-0.05, 0) is 31.5 Å². The fraction of sp³-hybridized carbons (Fsp3) is 0.318. The molecule has 3 rings (SSSR count). The Morgan fingerprint density at radius 2 is 1.71 bits per heavy atom. The molecule has 1 aliphatic heterocycles. The zero-order valence-electron chi connectivity index (χ0n) is 16.2. The number of rotatable bonds is 6. The first-order valence-corrected chi connectivity index (χ1v) is 9.48. The lowest BCUT2D eigenvalue weighted by Gasteiger charge is -2.30. The molecule has 28 heavy (non-hydrogen) atoms. The topological polar surface area (TPSA) is 69.7 Å². The Morgan fingerprint density at radius 3 is 2.43 bits per heavy atom. The van der Waals surface area contributed by atoms with E-state index in [0.717, 1.165) is 5.56 Å². The third-order valence-corrected chi connectivity index (χ3v) is 4.76. The molecule has 6 heteroatoms. The summed E-state index contributed by atoms with van der Waals surface area (Å²) in [6, 6.07) is 17.0. The van der Waals surface area contributed by atoms with Gasteiger partial charge in [0.15, 0.2) is 0 Å². The van der Waals surface area contributed by atoms with E-state index in [1.807, 2.05) is 50.2 Å². The number of benzene rings is 2. The third kappa shape index (κ3) is 4.57. The highest BCUT2D eigenvalue weighted by molar-refractivity contribution is 6.10. The predicted octanol–water partition coefficient (Wildman–Crippen LogP) is 3.19. The Kier molecular flexibility index (Phi) is 6.09.